The number of nitrogens with one attached hydrogen (secondary N) is 2. The van der Waals surface area contributed by atoms with Gasteiger partial charge in [0.15, 0.2) is 0 Å². The van der Waals surface area contributed by atoms with Crippen molar-refractivity contribution in [3.05, 3.63) is 0 Å². The van der Waals surface area contributed by atoms with Crippen molar-refractivity contribution >= 4 is 6.09 Å². The molecule has 0 radical (unpaired) electrons. The first-order chi connectivity index (χ1) is 11.0. The lowest BCUT2D eigenvalue weighted by molar-refractivity contribution is 0.00989. The molecule has 23 heavy (non-hydrogen) atoms. The van der Waals surface area contributed by atoms with E-state index in [4.69, 9.17) is 9.47 Å². The molecule has 0 unspecified atom stereocenters. The van der Waals surface area contributed by atoms with Crippen LogP contribution in [0, 0.1) is 0 Å². The molecule has 6 nitrogen and oxygen atoms in total. The molecule has 0 aromatic heterocycles. The van der Waals surface area contributed by atoms with Gasteiger partial charge in [0.05, 0.1) is 0 Å². The summed E-state index contributed by atoms with van der Waals surface area (Å²) < 4.78 is 10.8. The van der Waals surface area contributed by atoms with Crippen molar-refractivity contribution in [2.75, 3.05) is 39.4 Å². The average molecular weight is 327 g/mol. The molecule has 0 atom stereocenters. The van der Waals surface area contributed by atoms with E-state index in [1.807, 2.05) is 20.8 Å². The van der Waals surface area contributed by atoms with E-state index in [1.165, 1.54) is 12.8 Å². The third kappa shape index (κ3) is 6.65. The third-order valence-corrected chi connectivity index (χ3v) is 4.48. The van der Waals surface area contributed by atoms with E-state index in [9.17, 15) is 4.79 Å². The highest BCUT2D eigenvalue weighted by Gasteiger charge is 2.28. The number of nitrogens with zero attached hydrogens (tertiary/aromatic N) is 1. The van der Waals surface area contributed by atoms with E-state index >= 15 is 0 Å². The summed E-state index contributed by atoms with van der Waals surface area (Å²) >= 11 is 0. The van der Waals surface area contributed by atoms with E-state index < -0.39 is 5.60 Å². The van der Waals surface area contributed by atoms with E-state index in [0.29, 0.717) is 18.6 Å². The summed E-state index contributed by atoms with van der Waals surface area (Å²) in [5, 5.41) is 6.33. The zero-order valence-electron chi connectivity index (χ0n) is 14.9. The van der Waals surface area contributed by atoms with Crippen molar-refractivity contribution in [2.24, 2.45) is 0 Å². The largest absolute Gasteiger partial charge is 0.444 e. The van der Waals surface area contributed by atoms with Gasteiger partial charge in [0, 0.05) is 38.4 Å². The summed E-state index contributed by atoms with van der Waals surface area (Å²) in [6.45, 7) is 11.1. The zero-order valence-corrected chi connectivity index (χ0v) is 14.9. The van der Waals surface area contributed by atoms with Gasteiger partial charge in [-0.3, -0.25) is 4.90 Å². The molecule has 2 aliphatic rings. The molecule has 0 bridgehead atoms. The van der Waals surface area contributed by atoms with Crippen LogP contribution in [-0.2, 0) is 9.47 Å². The highest BCUT2D eigenvalue weighted by molar-refractivity contribution is 5.67. The highest BCUT2D eigenvalue weighted by atomic mass is 16.6. The number of rotatable bonds is 5. The molecular formula is C17H33N3O3. The average Bonchev–Trinajstić information content (AvgIpc) is 2.51. The molecule has 0 aromatic rings. The first-order valence-electron chi connectivity index (χ1n) is 8.97. The Hall–Kier alpha value is -0.850. The molecule has 2 heterocycles. The van der Waals surface area contributed by atoms with Crippen LogP contribution < -0.4 is 10.6 Å². The number of carbonyl (C=O) groups excluding carboxylic acids is 1. The minimum absolute atomic E-state index is 0.324. The van der Waals surface area contributed by atoms with Crippen molar-refractivity contribution in [2.45, 2.75) is 64.1 Å². The lowest BCUT2D eigenvalue weighted by Crippen LogP contribution is -2.52. The van der Waals surface area contributed by atoms with Crippen molar-refractivity contribution < 1.29 is 14.3 Å². The SMILES string of the molecule is CC(C)(C)OC(=O)NCCN(C1CCNCC1)C1CCOCC1. The lowest BCUT2D eigenvalue weighted by atomic mass is 9.99. The summed E-state index contributed by atoms with van der Waals surface area (Å²) in [6.07, 6.45) is 4.23. The molecule has 0 spiro atoms. The van der Waals surface area contributed by atoms with Gasteiger partial charge in [-0.05, 0) is 59.5 Å². The minimum Gasteiger partial charge on any atom is -0.444 e. The maximum atomic E-state index is 11.8. The molecule has 1 amide bonds. The molecule has 2 saturated heterocycles. The molecular weight excluding hydrogens is 294 g/mol. The summed E-state index contributed by atoms with van der Waals surface area (Å²) in [5.41, 5.74) is -0.445. The maximum Gasteiger partial charge on any atom is 0.407 e. The maximum absolute atomic E-state index is 11.8. The monoisotopic (exact) mass is 327 g/mol. The predicted octanol–water partition coefficient (Wildman–Crippen LogP) is 1.74. The van der Waals surface area contributed by atoms with Gasteiger partial charge < -0.3 is 20.1 Å². The van der Waals surface area contributed by atoms with Gasteiger partial charge in [-0.15, -0.1) is 0 Å². The topological polar surface area (TPSA) is 62.8 Å². The van der Waals surface area contributed by atoms with Crippen LogP contribution in [0.3, 0.4) is 0 Å². The Balaban J connectivity index is 1.83. The number of carbonyl (C=O) groups is 1. The Morgan fingerprint density at radius 1 is 1.17 bits per heavy atom. The quantitative estimate of drug-likeness (QED) is 0.805. The number of hydrogen-bond acceptors (Lipinski definition) is 5. The van der Waals surface area contributed by atoms with Crippen molar-refractivity contribution in [3.63, 3.8) is 0 Å². The van der Waals surface area contributed by atoms with Gasteiger partial charge in [-0.25, -0.2) is 4.79 Å². The number of hydrogen-bond donors (Lipinski definition) is 2. The van der Waals surface area contributed by atoms with E-state index in [0.717, 1.165) is 45.7 Å². The van der Waals surface area contributed by atoms with E-state index in [1.54, 1.807) is 0 Å². The van der Waals surface area contributed by atoms with Crippen LogP contribution in [-0.4, -0.2) is 68.1 Å². The summed E-state index contributed by atoms with van der Waals surface area (Å²) in [7, 11) is 0. The first-order valence-corrected chi connectivity index (χ1v) is 8.97. The van der Waals surface area contributed by atoms with E-state index in [2.05, 4.69) is 15.5 Å². The van der Waals surface area contributed by atoms with Crippen LogP contribution in [0.2, 0.25) is 0 Å². The second kappa shape index (κ2) is 8.85. The van der Waals surface area contributed by atoms with Crippen LogP contribution in [0.25, 0.3) is 0 Å². The number of piperidine rings is 1. The number of ether oxygens (including phenoxy) is 2. The highest BCUT2D eigenvalue weighted by Crippen LogP contribution is 2.21. The summed E-state index contributed by atoms with van der Waals surface area (Å²) in [6, 6.07) is 1.19. The second-order valence-electron chi connectivity index (χ2n) is 7.49. The molecule has 2 fully saturated rings. The molecule has 6 heteroatoms. The number of amides is 1. The standard InChI is InChI=1S/C17H33N3O3/c1-17(2,3)23-16(21)19-10-11-20(14-4-8-18-9-5-14)15-6-12-22-13-7-15/h14-15,18H,4-13H2,1-3H3,(H,19,21). The van der Waals surface area contributed by atoms with Crippen molar-refractivity contribution in [1.82, 2.24) is 15.5 Å². The van der Waals surface area contributed by atoms with Crippen LogP contribution in [0.4, 0.5) is 4.79 Å². The fraction of sp³-hybridized carbons (Fsp3) is 0.941. The van der Waals surface area contributed by atoms with E-state index in [-0.39, 0.29) is 6.09 Å². The lowest BCUT2D eigenvalue weighted by Gasteiger charge is -2.41. The smallest absolute Gasteiger partial charge is 0.407 e. The third-order valence-electron chi connectivity index (χ3n) is 4.48. The number of alkyl carbamates (subject to hydrolysis) is 1. The molecule has 0 aromatic carbocycles. The Morgan fingerprint density at radius 2 is 1.78 bits per heavy atom. The molecule has 2 aliphatic heterocycles. The van der Waals surface area contributed by atoms with Crippen LogP contribution in [0.1, 0.15) is 46.5 Å². The van der Waals surface area contributed by atoms with Gasteiger partial charge in [-0.1, -0.05) is 0 Å². The first kappa shape index (κ1) is 18.5. The van der Waals surface area contributed by atoms with Crippen LogP contribution >= 0.6 is 0 Å². The van der Waals surface area contributed by atoms with Crippen LogP contribution in [0.5, 0.6) is 0 Å². The Labute approximate surface area is 140 Å². The Morgan fingerprint density at radius 3 is 2.39 bits per heavy atom. The molecule has 2 rings (SSSR count). The van der Waals surface area contributed by atoms with Crippen molar-refractivity contribution in [1.29, 1.82) is 0 Å². The zero-order chi connectivity index (χ0) is 16.7. The van der Waals surface area contributed by atoms with Gasteiger partial charge in [0.2, 0.25) is 0 Å². The Kier molecular flexibility index (Phi) is 7.11. The normalized spacial score (nSPS) is 21.4. The Bertz CT molecular complexity index is 341. The minimum atomic E-state index is -0.445. The fourth-order valence-electron chi connectivity index (χ4n) is 3.42. The van der Waals surface area contributed by atoms with Gasteiger partial charge in [0.25, 0.3) is 0 Å². The molecule has 0 aliphatic carbocycles. The van der Waals surface area contributed by atoms with Crippen molar-refractivity contribution in [3.8, 4) is 0 Å². The summed E-state index contributed by atoms with van der Waals surface area (Å²) in [5.74, 6) is 0. The summed E-state index contributed by atoms with van der Waals surface area (Å²) in [4.78, 5) is 14.4. The molecule has 134 valence electrons. The van der Waals surface area contributed by atoms with Gasteiger partial charge in [0.1, 0.15) is 5.60 Å². The van der Waals surface area contributed by atoms with Crippen LogP contribution in [0.15, 0.2) is 0 Å². The predicted molar refractivity (Wildman–Crippen MR) is 90.7 cm³/mol. The van der Waals surface area contributed by atoms with Gasteiger partial charge in [-0.2, -0.15) is 0 Å². The molecule has 2 N–H and O–H groups in total. The molecule has 0 saturated carbocycles. The fourth-order valence-corrected chi connectivity index (χ4v) is 3.42. The van der Waals surface area contributed by atoms with Gasteiger partial charge >= 0.3 is 6.09 Å². The second-order valence-corrected chi connectivity index (χ2v) is 7.49.